The van der Waals surface area contributed by atoms with Crippen molar-refractivity contribution in [1.82, 2.24) is 4.98 Å². The molecule has 0 saturated carbocycles. The highest BCUT2D eigenvalue weighted by atomic mass is 79.9. The molecule has 1 aromatic carbocycles. The van der Waals surface area contributed by atoms with Crippen LogP contribution in [-0.2, 0) is 0 Å². The van der Waals surface area contributed by atoms with Gasteiger partial charge in [-0.05, 0) is 34.1 Å². The van der Waals surface area contributed by atoms with Gasteiger partial charge in [0, 0.05) is 41.9 Å². The van der Waals surface area contributed by atoms with E-state index < -0.39 is 30.5 Å². The first kappa shape index (κ1) is 26.8. The summed E-state index contributed by atoms with van der Waals surface area (Å²) in [4.78, 5) is 6.30. The molecule has 4 rings (SSSR count). The molecule has 36 heavy (non-hydrogen) atoms. The number of methoxy groups -OCH3 is 1. The fraction of sp³-hybridized carbons (Fsp3) is 0.500. The lowest BCUT2D eigenvalue weighted by atomic mass is 9.96. The smallest absolute Gasteiger partial charge is 0.431 e. The fourth-order valence-corrected chi connectivity index (χ4v) is 5.42. The molecule has 3 heterocycles. The number of aliphatic hydroxyl groups excluding tert-OH is 1. The number of anilines is 2. The Labute approximate surface area is 221 Å². The molecule has 2 aromatic rings. The average molecular weight is 592 g/mol. The lowest BCUT2D eigenvalue weighted by Gasteiger charge is -2.38. The second kappa shape index (κ2) is 10.6. The zero-order valence-corrected chi connectivity index (χ0v) is 22.3. The summed E-state index contributed by atoms with van der Waals surface area (Å²) in [6.07, 6.45) is -2.30. The first-order chi connectivity index (χ1) is 17.0. The molecular formula is C24H27BrClF3N4O3. The van der Waals surface area contributed by atoms with E-state index in [0.29, 0.717) is 26.8 Å². The Hall–Kier alpha value is -2.24. The van der Waals surface area contributed by atoms with Crippen LogP contribution < -0.4 is 19.4 Å². The number of pyridine rings is 1. The molecule has 1 saturated heterocycles. The highest BCUT2D eigenvalue weighted by Crippen LogP contribution is 2.40. The summed E-state index contributed by atoms with van der Waals surface area (Å²) in [5.74, 6) is 0.294. The number of ether oxygens (including phenoxy) is 2. The Morgan fingerprint density at radius 2 is 1.97 bits per heavy atom. The van der Waals surface area contributed by atoms with Crippen molar-refractivity contribution in [2.75, 3.05) is 36.7 Å². The van der Waals surface area contributed by atoms with E-state index in [0.717, 1.165) is 25.2 Å². The Kier molecular flexibility index (Phi) is 7.92. The van der Waals surface area contributed by atoms with E-state index in [-0.39, 0.29) is 12.0 Å². The predicted molar refractivity (Wildman–Crippen MR) is 136 cm³/mol. The Bertz CT molecular complexity index is 1140. The largest absolute Gasteiger partial charge is 0.490 e. The Morgan fingerprint density at radius 3 is 2.58 bits per heavy atom. The van der Waals surface area contributed by atoms with Crippen LogP contribution in [0, 0.1) is 11.8 Å². The van der Waals surface area contributed by atoms with Gasteiger partial charge >= 0.3 is 6.18 Å². The van der Waals surface area contributed by atoms with Crippen molar-refractivity contribution in [3.05, 3.63) is 40.0 Å². The van der Waals surface area contributed by atoms with Crippen LogP contribution in [0.3, 0.4) is 0 Å². The van der Waals surface area contributed by atoms with Crippen molar-refractivity contribution in [3.63, 3.8) is 0 Å². The standard InChI is InChI=1S/C24H27BrClF3N4O3/c1-13-11-32(19-9-22(35-3)30-10-17(19)26)7-6-21(13)36-15-4-5-18(16(25)8-15)33-20(12-34)14(2)23(31-33)24(27,28)29/h4-5,8-10,13-14,20-21,34H,6-7,11-12H2,1-3H3/t13-,14-,20-,21+/m0/s1. The van der Waals surface area contributed by atoms with E-state index in [1.165, 1.54) is 11.9 Å². The van der Waals surface area contributed by atoms with E-state index in [1.807, 2.05) is 6.07 Å². The summed E-state index contributed by atoms with van der Waals surface area (Å²) in [6.45, 7) is 4.49. The minimum Gasteiger partial charge on any atom is -0.490 e. The third-order valence-corrected chi connectivity index (χ3v) is 7.58. The number of rotatable bonds is 6. The number of aliphatic hydroxyl groups is 1. The van der Waals surface area contributed by atoms with Crippen molar-refractivity contribution in [2.45, 2.75) is 38.6 Å². The van der Waals surface area contributed by atoms with Crippen LogP contribution in [0.2, 0.25) is 5.02 Å². The number of hydrogen-bond acceptors (Lipinski definition) is 7. The van der Waals surface area contributed by atoms with Crippen LogP contribution in [0.15, 0.2) is 40.0 Å². The number of aromatic nitrogens is 1. The number of piperidine rings is 1. The number of alkyl halides is 3. The van der Waals surface area contributed by atoms with E-state index in [2.05, 4.69) is 37.8 Å². The van der Waals surface area contributed by atoms with E-state index >= 15 is 0 Å². The Balaban J connectivity index is 1.46. The molecule has 7 nitrogen and oxygen atoms in total. The predicted octanol–water partition coefficient (Wildman–Crippen LogP) is 5.54. The van der Waals surface area contributed by atoms with Crippen LogP contribution in [0.1, 0.15) is 20.3 Å². The zero-order chi connectivity index (χ0) is 26.2. The molecule has 0 aliphatic carbocycles. The maximum Gasteiger partial charge on any atom is 0.431 e. The molecule has 2 aliphatic rings. The van der Waals surface area contributed by atoms with Crippen molar-refractivity contribution >= 4 is 44.6 Å². The van der Waals surface area contributed by atoms with Crippen molar-refractivity contribution in [3.8, 4) is 11.6 Å². The van der Waals surface area contributed by atoms with Crippen LogP contribution in [-0.4, -0.2) is 60.9 Å². The topological polar surface area (TPSA) is 70.4 Å². The number of benzene rings is 1. The molecule has 4 atom stereocenters. The number of hydrogen-bond donors (Lipinski definition) is 1. The van der Waals surface area contributed by atoms with Crippen molar-refractivity contribution in [1.29, 1.82) is 0 Å². The molecule has 1 N–H and O–H groups in total. The summed E-state index contributed by atoms with van der Waals surface area (Å²) in [5.41, 5.74) is 0.385. The second-order valence-corrected chi connectivity index (χ2v) is 10.3. The Morgan fingerprint density at radius 1 is 1.22 bits per heavy atom. The highest BCUT2D eigenvalue weighted by molar-refractivity contribution is 9.10. The van der Waals surface area contributed by atoms with Gasteiger partial charge in [-0.3, -0.25) is 5.01 Å². The normalized spacial score (nSPS) is 24.6. The lowest BCUT2D eigenvalue weighted by Crippen LogP contribution is -2.44. The van der Waals surface area contributed by atoms with E-state index in [4.69, 9.17) is 21.1 Å². The summed E-state index contributed by atoms with van der Waals surface area (Å²) in [7, 11) is 1.56. The molecule has 1 fully saturated rings. The first-order valence-corrected chi connectivity index (χ1v) is 12.7. The second-order valence-electron chi connectivity index (χ2n) is 9.03. The average Bonchev–Trinajstić information content (AvgIpc) is 3.17. The van der Waals surface area contributed by atoms with E-state index in [9.17, 15) is 18.3 Å². The van der Waals surface area contributed by atoms with Crippen LogP contribution in [0.25, 0.3) is 0 Å². The molecular weight excluding hydrogens is 565 g/mol. The van der Waals surface area contributed by atoms with Gasteiger partial charge in [0.1, 0.15) is 17.6 Å². The molecule has 0 bridgehead atoms. The lowest BCUT2D eigenvalue weighted by molar-refractivity contribution is -0.0621. The molecule has 0 unspecified atom stereocenters. The molecule has 1 aromatic heterocycles. The van der Waals surface area contributed by atoms with Gasteiger partial charge in [-0.1, -0.05) is 25.4 Å². The van der Waals surface area contributed by atoms with Gasteiger partial charge in [0.05, 0.1) is 42.4 Å². The summed E-state index contributed by atoms with van der Waals surface area (Å²) in [5, 5.41) is 15.3. The number of nitrogens with zero attached hydrogens (tertiary/aromatic N) is 4. The minimum atomic E-state index is -4.56. The zero-order valence-electron chi connectivity index (χ0n) is 20.0. The fourth-order valence-electron chi connectivity index (χ4n) is 4.66. The van der Waals surface area contributed by atoms with Gasteiger partial charge in [-0.2, -0.15) is 18.3 Å². The SMILES string of the molecule is COc1cc(N2CC[C@@H](Oc3ccc(N4N=C(C(F)(F)F)[C@@H](C)[C@@H]4CO)c(Br)c3)[C@@H](C)C2)c(Cl)cn1. The molecule has 12 heteroatoms. The summed E-state index contributed by atoms with van der Waals surface area (Å²) < 4.78 is 52.1. The first-order valence-electron chi connectivity index (χ1n) is 11.5. The van der Waals surface area contributed by atoms with Crippen LogP contribution >= 0.6 is 27.5 Å². The van der Waals surface area contributed by atoms with Crippen LogP contribution in [0.4, 0.5) is 24.5 Å². The summed E-state index contributed by atoms with van der Waals surface area (Å²) >= 11 is 9.81. The molecule has 0 spiro atoms. The van der Waals surface area contributed by atoms with Gasteiger partial charge in [-0.15, -0.1) is 0 Å². The maximum absolute atomic E-state index is 13.4. The monoisotopic (exact) mass is 590 g/mol. The van der Waals surface area contributed by atoms with Gasteiger partial charge in [0.25, 0.3) is 0 Å². The third-order valence-electron chi connectivity index (χ3n) is 6.66. The third kappa shape index (κ3) is 5.38. The van der Waals surface area contributed by atoms with Gasteiger partial charge in [0.2, 0.25) is 5.88 Å². The van der Waals surface area contributed by atoms with Gasteiger partial charge < -0.3 is 19.5 Å². The summed E-state index contributed by atoms with van der Waals surface area (Å²) in [6, 6.07) is 6.09. The van der Waals surface area contributed by atoms with Crippen LogP contribution in [0.5, 0.6) is 11.6 Å². The number of hydrazone groups is 1. The molecule has 2 aliphatic heterocycles. The van der Waals surface area contributed by atoms with E-state index in [1.54, 1.807) is 31.5 Å². The van der Waals surface area contributed by atoms with Crippen molar-refractivity contribution in [2.24, 2.45) is 16.9 Å². The van der Waals surface area contributed by atoms with Gasteiger partial charge in [0.15, 0.2) is 0 Å². The number of halogens is 5. The highest BCUT2D eigenvalue weighted by Gasteiger charge is 2.48. The minimum absolute atomic E-state index is 0.0617. The quantitative estimate of drug-likeness (QED) is 0.476. The molecule has 0 radical (unpaired) electrons. The molecule has 196 valence electrons. The van der Waals surface area contributed by atoms with Gasteiger partial charge in [-0.25, -0.2) is 4.98 Å². The maximum atomic E-state index is 13.4. The molecule has 0 amide bonds. The van der Waals surface area contributed by atoms with Crippen molar-refractivity contribution < 1.29 is 27.8 Å².